The third kappa shape index (κ3) is 4.62. The Bertz CT molecular complexity index is 665. The highest BCUT2D eigenvalue weighted by Crippen LogP contribution is 2.57. The molecule has 10 heteroatoms. The maximum atomic E-state index is 13.7. The number of amides is 1. The summed E-state index contributed by atoms with van der Waals surface area (Å²) in [4.78, 5) is 17.7. The number of nitrogens with zero attached hydrogens (tertiary/aromatic N) is 1. The molecule has 1 amide bonds. The van der Waals surface area contributed by atoms with Crippen LogP contribution in [0.15, 0.2) is 18.2 Å². The highest BCUT2D eigenvalue weighted by Gasteiger charge is 2.48. The second-order valence-corrected chi connectivity index (χ2v) is 7.54. The first-order valence-corrected chi connectivity index (χ1v) is 9.46. The summed E-state index contributed by atoms with van der Waals surface area (Å²) < 4.78 is 50.0. The van der Waals surface area contributed by atoms with Crippen LogP contribution in [0.3, 0.4) is 0 Å². The van der Waals surface area contributed by atoms with Gasteiger partial charge in [0.1, 0.15) is 17.4 Å². The van der Waals surface area contributed by atoms with E-state index < -0.39 is 37.0 Å². The Morgan fingerprint density at radius 1 is 1.36 bits per heavy atom. The van der Waals surface area contributed by atoms with Crippen molar-refractivity contribution < 1.29 is 32.0 Å². The number of nitrogens with one attached hydrogen (secondary N) is 1. The predicted octanol–water partition coefficient (Wildman–Crippen LogP) is 3.13. The first-order chi connectivity index (χ1) is 11.8. The molecule has 1 saturated heterocycles. The summed E-state index contributed by atoms with van der Waals surface area (Å²) in [6.45, 7) is 3.73. The monoisotopic (exact) mass is 378 g/mol. The van der Waals surface area contributed by atoms with Crippen LogP contribution >= 0.6 is 7.60 Å². The van der Waals surface area contributed by atoms with Gasteiger partial charge in [-0.1, -0.05) is 0 Å². The lowest BCUT2D eigenvalue weighted by Crippen LogP contribution is -2.28. The number of hydrogen-bond acceptors (Lipinski definition) is 6. The zero-order chi connectivity index (χ0) is 18.6. The molecule has 25 heavy (non-hydrogen) atoms. The zero-order valence-electron chi connectivity index (χ0n) is 14.2. The van der Waals surface area contributed by atoms with Crippen LogP contribution in [0.5, 0.6) is 0 Å². The van der Waals surface area contributed by atoms with Crippen molar-refractivity contribution in [2.24, 2.45) is 0 Å². The molecule has 1 aliphatic heterocycles. The lowest BCUT2D eigenvalue weighted by Gasteiger charge is -2.25. The topological polar surface area (TPSA) is 77.1 Å². The van der Waals surface area contributed by atoms with Crippen molar-refractivity contribution in [1.29, 1.82) is 0 Å². The smallest absolute Gasteiger partial charge is 0.321 e. The van der Waals surface area contributed by atoms with Gasteiger partial charge in [-0.25, -0.2) is 8.78 Å². The largest absolute Gasteiger partial charge is 0.350 e. The van der Waals surface area contributed by atoms with Gasteiger partial charge >= 0.3 is 7.60 Å². The molecule has 1 heterocycles. The standard InChI is InChI=1S/C15H21F2N2O5P/c1-4-22-25(21,23-5-2)14-9-13(24-19(14)3)15(20)18-12-7-6-10(16)8-11(12)17/h6-8,13-14H,4-5,9H2,1-3H3,(H,18,20)/t13-,14+/m0/s1. The van der Waals surface area contributed by atoms with Crippen molar-refractivity contribution in [1.82, 2.24) is 5.06 Å². The number of carbonyl (C=O) groups excluding carboxylic acids is 1. The predicted molar refractivity (Wildman–Crippen MR) is 86.9 cm³/mol. The molecule has 0 saturated carbocycles. The van der Waals surface area contributed by atoms with Crippen LogP contribution in [0.1, 0.15) is 20.3 Å². The van der Waals surface area contributed by atoms with E-state index in [1.165, 1.54) is 12.1 Å². The fourth-order valence-electron chi connectivity index (χ4n) is 2.51. The SMILES string of the molecule is CCOP(=O)(OCC)[C@@H]1C[C@@H](C(=O)Nc2ccc(F)cc2F)ON1C. The number of carbonyl (C=O) groups is 1. The molecule has 0 spiro atoms. The lowest BCUT2D eigenvalue weighted by molar-refractivity contribution is -0.155. The lowest BCUT2D eigenvalue weighted by atomic mass is 10.2. The summed E-state index contributed by atoms with van der Waals surface area (Å²) >= 11 is 0. The van der Waals surface area contributed by atoms with E-state index in [2.05, 4.69) is 5.32 Å². The maximum absolute atomic E-state index is 13.7. The zero-order valence-corrected chi connectivity index (χ0v) is 15.1. The van der Waals surface area contributed by atoms with Gasteiger partial charge in [0.2, 0.25) is 0 Å². The summed E-state index contributed by atoms with van der Waals surface area (Å²) in [5, 5.41) is 3.59. The second-order valence-electron chi connectivity index (χ2n) is 5.35. The molecule has 2 rings (SSSR count). The molecule has 1 aromatic rings. The maximum Gasteiger partial charge on any atom is 0.350 e. The van der Waals surface area contributed by atoms with E-state index in [0.29, 0.717) is 6.07 Å². The molecular weight excluding hydrogens is 357 g/mol. The van der Waals surface area contributed by atoms with E-state index >= 15 is 0 Å². The summed E-state index contributed by atoms with van der Waals surface area (Å²) in [6.07, 6.45) is -0.962. The third-order valence-electron chi connectivity index (χ3n) is 3.60. The van der Waals surface area contributed by atoms with Crippen molar-refractivity contribution in [2.45, 2.75) is 32.2 Å². The van der Waals surface area contributed by atoms with Crippen molar-refractivity contribution >= 4 is 19.2 Å². The van der Waals surface area contributed by atoms with Gasteiger partial charge in [0.15, 0.2) is 6.10 Å². The van der Waals surface area contributed by atoms with Gasteiger partial charge < -0.3 is 14.4 Å². The molecule has 1 aromatic carbocycles. The van der Waals surface area contributed by atoms with E-state index in [-0.39, 0.29) is 25.3 Å². The van der Waals surface area contributed by atoms with Gasteiger partial charge in [-0.3, -0.25) is 14.2 Å². The normalized spacial score (nSPS) is 21.5. The van der Waals surface area contributed by atoms with Gasteiger partial charge in [-0.2, -0.15) is 5.06 Å². The molecule has 1 N–H and O–H groups in total. The number of benzene rings is 1. The number of hydrogen-bond donors (Lipinski definition) is 1. The molecule has 7 nitrogen and oxygen atoms in total. The van der Waals surface area contributed by atoms with Gasteiger partial charge in [-0.05, 0) is 26.0 Å². The Hall–Kier alpha value is -1.38. The summed E-state index contributed by atoms with van der Waals surface area (Å²) in [7, 11) is -1.99. The van der Waals surface area contributed by atoms with Gasteiger partial charge in [0.05, 0.1) is 18.9 Å². The average molecular weight is 378 g/mol. The Morgan fingerprint density at radius 2 is 2.00 bits per heavy atom. The van der Waals surface area contributed by atoms with Gasteiger partial charge in [0, 0.05) is 19.5 Å². The molecule has 2 atom stereocenters. The average Bonchev–Trinajstić information content (AvgIpc) is 2.93. The van der Waals surface area contributed by atoms with Crippen LogP contribution in [0.2, 0.25) is 0 Å². The van der Waals surface area contributed by atoms with Crippen LogP contribution in [0.25, 0.3) is 0 Å². The van der Waals surface area contributed by atoms with E-state index in [9.17, 15) is 18.1 Å². The summed E-state index contributed by atoms with van der Waals surface area (Å²) in [6, 6.07) is 2.81. The van der Waals surface area contributed by atoms with Crippen molar-refractivity contribution in [3.05, 3.63) is 29.8 Å². The quantitative estimate of drug-likeness (QED) is 0.735. The van der Waals surface area contributed by atoms with E-state index in [0.717, 1.165) is 12.1 Å². The van der Waals surface area contributed by atoms with E-state index in [1.54, 1.807) is 13.8 Å². The fraction of sp³-hybridized carbons (Fsp3) is 0.533. The molecule has 1 aliphatic rings. The first kappa shape index (κ1) is 19.9. The van der Waals surface area contributed by atoms with Crippen LogP contribution in [0.4, 0.5) is 14.5 Å². The van der Waals surface area contributed by atoms with Crippen molar-refractivity contribution in [3.8, 4) is 0 Å². The van der Waals surface area contributed by atoms with E-state index in [1.807, 2.05) is 0 Å². The van der Waals surface area contributed by atoms with Crippen LogP contribution in [-0.4, -0.2) is 43.1 Å². The number of halogens is 2. The van der Waals surface area contributed by atoms with Crippen molar-refractivity contribution in [2.75, 3.05) is 25.6 Å². The molecule has 140 valence electrons. The summed E-state index contributed by atoms with van der Waals surface area (Å²) in [5.74, 6) is -3.05. The minimum atomic E-state index is -3.50. The molecular formula is C15H21F2N2O5P. The van der Waals surface area contributed by atoms with Crippen LogP contribution < -0.4 is 5.32 Å². The minimum absolute atomic E-state index is 0.0441. The highest BCUT2D eigenvalue weighted by atomic mass is 31.2. The molecule has 1 fully saturated rings. The molecule has 0 radical (unpaired) electrons. The fourth-order valence-corrected chi connectivity index (χ4v) is 4.55. The van der Waals surface area contributed by atoms with Crippen molar-refractivity contribution in [3.63, 3.8) is 0 Å². The van der Waals surface area contributed by atoms with Crippen LogP contribution in [0, 0.1) is 11.6 Å². The van der Waals surface area contributed by atoms with Gasteiger partial charge in [-0.15, -0.1) is 0 Å². The van der Waals surface area contributed by atoms with E-state index in [4.69, 9.17) is 13.9 Å². The molecule has 0 bridgehead atoms. The highest BCUT2D eigenvalue weighted by molar-refractivity contribution is 7.54. The Morgan fingerprint density at radius 3 is 2.56 bits per heavy atom. The second kappa shape index (κ2) is 8.33. The Kier molecular flexibility index (Phi) is 6.65. The van der Waals surface area contributed by atoms with Crippen LogP contribution in [-0.2, 0) is 23.2 Å². The molecule has 0 aromatic heterocycles. The van der Waals surface area contributed by atoms with Gasteiger partial charge in [0.25, 0.3) is 5.91 Å². The minimum Gasteiger partial charge on any atom is -0.321 e. The Labute approximate surface area is 144 Å². The Balaban J connectivity index is 2.09. The third-order valence-corrected chi connectivity index (χ3v) is 6.10. The number of hydroxylamine groups is 2. The number of anilines is 1. The first-order valence-electron chi connectivity index (χ1n) is 7.85. The number of rotatable bonds is 7. The molecule has 0 unspecified atom stereocenters. The summed E-state index contributed by atoms with van der Waals surface area (Å²) in [5.41, 5.74) is -0.168. The molecule has 0 aliphatic carbocycles.